The number of hydrogen-bond acceptors (Lipinski definition) is 2. The summed E-state index contributed by atoms with van der Waals surface area (Å²) < 4.78 is 5.28. The summed E-state index contributed by atoms with van der Waals surface area (Å²) in [5.74, 6) is 2.58. The third kappa shape index (κ3) is 7.44. The van der Waals surface area contributed by atoms with Gasteiger partial charge < -0.3 is 15.1 Å². The molecule has 19 heavy (non-hydrogen) atoms. The van der Waals surface area contributed by atoms with Crippen molar-refractivity contribution < 1.29 is 4.42 Å². The largest absolute Gasteiger partial charge is 0.469 e. The summed E-state index contributed by atoms with van der Waals surface area (Å²) in [5, 5.41) is 6.65. The maximum absolute atomic E-state index is 5.28. The number of furan rings is 1. The third-order valence-electron chi connectivity index (χ3n) is 3.18. The second-order valence-corrected chi connectivity index (χ2v) is 4.39. The average Bonchev–Trinajstić information content (AvgIpc) is 2.91. The molecule has 1 aromatic heterocycles. The zero-order chi connectivity index (χ0) is 13.2. The summed E-state index contributed by atoms with van der Waals surface area (Å²) >= 11 is 0. The summed E-state index contributed by atoms with van der Waals surface area (Å²) in [6.45, 7) is 6.26. The minimum absolute atomic E-state index is 0. The van der Waals surface area contributed by atoms with Gasteiger partial charge in [-0.2, -0.15) is 0 Å². The molecule has 0 atom stereocenters. The first-order chi connectivity index (χ1) is 8.80. The van der Waals surface area contributed by atoms with Crippen LogP contribution < -0.4 is 10.6 Å². The van der Waals surface area contributed by atoms with E-state index in [4.69, 9.17) is 4.42 Å². The van der Waals surface area contributed by atoms with Gasteiger partial charge >= 0.3 is 0 Å². The van der Waals surface area contributed by atoms with E-state index >= 15 is 0 Å². The van der Waals surface area contributed by atoms with Gasteiger partial charge in [0.15, 0.2) is 5.96 Å². The van der Waals surface area contributed by atoms with Crippen LogP contribution in [0.3, 0.4) is 0 Å². The van der Waals surface area contributed by atoms with Gasteiger partial charge in [0.05, 0.1) is 6.26 Å². The van der Waals surface area contributed by atoms with E-state index < -0.39 is 0 Å². The van der Waals surface area contributed by atoms with Crippen molar-refractivity contribution in [2.75, 3.05) is 20.1 Å². The Kier molecular flexibility index (Phi) is 10.7. The van der Waals surface area contributed by atoms with Crippen LogP contribution in [0.2, 0.25) is 0 Å². The summed E-state index contributed by atoms with van der Waals surface area (Å²) in [5.41, 5.74) is 0. The number of rotatable bonds is 7. The van der Waals surface area contributed by atoms with Crippen molar-refractivity contribution in [1.29, 1.82) is 0 Å². The Bertz CT molecular complexity index is 334. The third-order valence-corrected chi connectivity index (χ3v) is 3.18. The van der Waals surface area contributed by atoms with E-state index in [0.717, 1.165) is 31.2 Å². The number of halogens is 1. The average molecular weight is 379 g/mol. The quantitative estimate of drug-likeness (QED) is 0.435. The Morgan fingerprint density at radius 1 is 1.32 bits per heavy atom. The van der Waals surface area contributed by atoms with Crippen molar-refractivity contribution in [2.45, 2.75) is 33.1 Å². The molecule has 2 N–H and O–H groups in total. The lowest BCUT2D eigenvalue weighted by molar-refractivity contribution is 0.480. The van der Waals surface area contributed by atoms with Crippen LogP contribution in [0.1, 0.15) is 32.4 Å². The van der Waals surface area contributed by atoms with Gasteiger partial charge in [-0.25, -0.2) is 0 Å². The molecule has 0 aliphatic carbocycles. The smallest absolute Gasteiger partial charge is 0.190 e. The molecular weight excluding hydrogens is 353 g/mol. The molecule has 0 saturated heterocycles. The topological polar surface area (TPSA) is 49.6 Å². The normalized spacial score (nSPS) is 11.3. The van der Waals surface area contributed by atoms with Crippen LogP contribution in [0, 0.1) is 5.92 Å². The Hall–Kier alpha value is -0.720. The van der Waals surface area contributed by atoms with Crippen LogP contribution >= 0.6 is 24.0 Å². The van der Waals surface area contributed by atoms with Crippen LogP contribution in [0.15, 0.2) is 27.8 Å². The summed E-state index contributed by atoms with van der Waals surface area (Å²) in [6, 6.07) is 3.90. The maximum atomic E-state index is 5.28. The van der Waals surface area contributed by atoms with E-state index in [1.54, 1.807) is 13.3 Å². The van der Waals surface area contributed by atoms with Crippen LogP contribution in [-0.2, 0) is 6.42 Å². The van der Waals surface area contributed by atoms with Crippen molar-refractivity contribution in [3.63, 3.8) is 0 Å². The van der Waals surface area contributed by atoms with Gasteiger partial charge in [-0.1, -0.05) is 26.7 Å². The Balaban J connectivity index is 0.00000324. The lowest BCUT2D eigenvalue weighted by Crippen LogP contribution is -2.40. The van der Waals surface area contributed by atoms with Gasteiger partial charge in [-0.05, 0) is 18.1 Å². The molecule has 0 unspecified atom stereocenters. The lowest BCUT2D eigenvalue weighted by Gasteiger charge is -2.16. The van der Waals surface area contributed by atoms with Crippen LogP contribution in [0.25, 0.3) is 0 Å². The molecule has 0 saturated carbocycles. The van der Waals surface area contributed by atoms with Crippen molar-refractivity contribution in [2.24, 2.45) is 10.9 Å². The molecule has 0 spiro atoms. The second kappa shape index (κ2) is 11.1. The zero-order valence-corrected chi connectivity index (χ0v) is 14.4. The highest BCUT2D eigenvalue weighted by Crippen LogP contribution is 2.04. The minimum Gasteiger partial charge on any atom is -0.469 e. The molecule has 1 heterocycles. The SMILES string of the molecule is CCC(CC)CNC(=NC)NCCc1ccco1.I. The van der Waals surface area contributed by atoms with E-state index in [1.165, 1.54) is 12.8 Å². The minimum atomic E-state index is 0. The molecule has 0 aliphatic rings. The molecule has 0 amide bonds. The second-order valence-electron chi connectivity index (χ2n) is 4.39. The molecular formula is C14H26IN3O. The number of hydrogen-bond donors (Lipinski definition) is 2. The molecule has 0 aromatic carbocycles. The number of aliphatic imine (C=N–C) groups is 1. The van der Waals surface area contributed by atoms with Gasteiger partial charge in [-0.15, -0.1) is 24.0 Å². The molecule has 5 heteroatoms. The fourth-order valence-electron chi connectivity index (χ4n) is 1.80. The summed E-state index contributed by atoms with van der Waals surface area (Å²) in [6.07, 6.45) is 4.98. The maximum Gasteiger partial charge on any atom is 0.190 e. The van der Waals surface area contributed by atoms with E-state index in [9.17, 15) is 0 Å². The highest BCUT2D eigenvalue weighted by molar-refractivity contribution is 14.0. The first kappa shape index (κ1) is 18.3. The molecule has 1 rings (SSSR count). The Labute approximate surface area is 133 Å². The van der Waals surface area contributed by atoms with Crippen molar-refractivity contribution in [3.05, 3.63) is 24.2 Å². The Morgan fingerprint density at radius 3 is 2.58 bits per heavy atom. The number of nitrogens with one attached hydrogen (secondary N) is 2. The molecule has 0 bridgehead atoms. The molecule has 0 aliphatic heterocycles. The van der Waals surface area contributed by atoms with Crippen molar-refractivity contribution in [1.82, 2.24) is 10.6 Å². The first-order valence-electron chi connectivity index (χ1n) is 6.77. The molecule has 0 radical (unpaired) electrons. The van der Waals surface area contributed by atoms with E-state index in [-0.39, 0.29) is 24.0 Å². The number of nitrogens with zero attached hydrogens (tertiary/aromatic N) is 1. The molecule has 110 valence electrons. The van der Waals surface area contributed by atoms with E-state index in [0.29, 0.717) is 5.92 Å². The molecule has 0 fully saturated rings. The first-order valence-corrected chi connectivity index (χ1v) is 6.77. The fourth-order valence-corrected chi connectivity index (χ4v) is 1.80. The summed E-state index contributed by atoms with van der Waals surface area (Å²) in [4.78, 5) is 4.21. The molecule has 4 nitrogen and oxygen atoms in total. The van der Waals surface area contributed by atoms with Gasteiger partial charge in [0, 0.05) is 26.6 Å². The fraction of sp³-hybridized carbons (Fsp3) is 0.643. The van der Waals surface area contributed by atoms with Gasteiger partial charge in [0.1, 0.15) is 5.76 Å². The van der Waals surface area contributed by atoms with Crippen molar-refractivity contribution in [3.8, 4) is 0 Å². The van der Waals surface area contributed by atoms with Crippen LogP contribution in [-0.4, -0.2) is 26.1 Å². The predicted octanol–water partition coefficient (Wildman–Crippen LogP) is 3.04. The van der Waals surface area contributed by atoms with E-state index in [2.05, 4.69) is 29.5 Å². The highest BCUT2D eigenvalue weighted by Gasteiger charge is 2.04. The highest BCUT2D eigenvalue weighted by atomic mass is 127. The van der Waals surface area contributed by atoms with Crippen molar-refractivity contribution >= 4 is 29.9 Å². The van der Waals surface area contributed by atoms with Gasteiger partial charge in [0.2, 0.25) is 0 Å². The lowest BCUT2D eigenvalue weighted by atomic mass is 10.0. The van der Waals surface area contributed by atoms with Crippen LogP contribution in [0.4, 0.5) is 0 Å². The predicted molar refractivity (Wildman–Crippen MR) is 91.3 cm³/mol. The number of guanidine groups is 1. The van der Waals surface area contributed by atoms with Crippen LogP contribution in [0.5, 0.6) is 0 Å². The standard InChI is InChI=1S/C14H25N3O.HI/c1-4-12(5-2)11-17-14(15-3)16-9-8-13-7-6-10-18-13;/h6-7,10,12H,4-5,8-9,11H2,1-3H3,(H2,15,16,17);1H. The summed E-state index contributed by atoms with van der Waals surface area (Å²) in [7, 11) is 1.80. The van der Waals surface area contributed by atoms with E-state index in [1.807, 2.05) is 12.1 Å². The molecule has 1 aromatic rings. The Morgan fingerprint density at radius 2 is 2.05 bits per heavy atom. The zero-order valence-electron chi connectivity index (χ0n) is 12.1. The van der Waals surface area contributed by atoms with Gasteiger partial charge in [-0.3, -0.25) is 4.99 Å². The van der Waals surface area contributed by atoms with Gasteiger partial charge in [0.25, 0.3) is 0 Å². The monoisotopic (exact) mass is 379 g/mol.